The van der Waals surface area contributed by atoms with E-state index in [9.17, 15) is 4.79 Å². The first kappa shape index (κ1) is 15.7. The minimum absolute atomic E-state index is 0.141. The quantitative estimate of drug-likeness (QED) is 0.750. The Morgan fingerprint density at radius 2 is 2.30 bits per heavy atom. The van der Waals surface area contributed by atoms with Crippen LogP contribution in [0.3, 0.4) is 0 Å². The summed E-state index contributed by atoms with van der Waals surface area (Å²) in [6, 6.07) is 0. The van der Waals surface area contributed by atoms with Crippen LogP contribution < -0.4 is 5.32 Å². The predicted molar refractivity (Wildman–Crippen MR) is 75.6 cm³/mol. The lowest BCUT2D eigenvalue weighted by Gasteiger charge is -2.39. The molecule has 3 atom stereocenters. The van der Waals surface area contributed by atoms with E-state index in [0.29, 0.717) is 12.3 Å². The van der Waals surface area contributed by atoms with Crippen LogP contribution in [0.4, 0.5) is 0 Å². The van der Waals surface area contributed by atoms with Crippen molar-refractivity contribution in [1.82, 2.24) is 5.32 Å². The molecule has 0 bridgehead atoms. The van der Waals surface area contributed by atoms with Crippen LogP contribution in [-0.4, -0.2) is 51.1 Å². The highest BCUT2D eigenvalue weighted by molar-refractivity contribution is 5.81. The van der Waals surface area contributed by atoms with Crippen LogP contribution in [0.5, 0.6) is 0 Å². The number of carbonyl (C=O) groups is 1. The van der Waals surface area contributed by atoms with Gasteiger partial charge in [0, 0.05) is 18.9 Å². The number of ether oxygens (including phenoxy) is 3. The molecule has 1 aliphatic heterocycles. The number of methoxy groups -OCH3 is 1. The monoisotopic (exact) mass is 285 g/mol. The molecule has 2 aliphatic rings. The number of esters is 1. The molecule has 2 rings (SSSR count). The van der Waals surface area contributed by atoms with Crippen LogP contribution in [0.1, 0.15) is 39.0 Å². The second kappa shape index (κ2) is 7.38. The Bertz CT molecular complexity index is 313. The Morgan fingerprint density at radius 3 is 2.95 bits per heavy atom. The molecule has 1 heterocycles. The highest BCUT2D eigenvalue weighted by atomic mass is 16.5. The number of carbonyl (C=O) groups excluding carboxylic acids is 1. The number of hydrogen-bond donors (Lipinski definition) is 1. The van der Waals surface area contributed by atoms with Crippen molar-refractivity contribution in [3.05, 3.63) is 0 Å². The Hall–Kier alpha value is -0.650. The fourth-order valence-electron chi connectivity index (χ4n) is 3.31. The summed E-state index contributed by atoms with van der Waals surface area (Å²) in [5.41, 5.74) is -0.557. The summed E-state index contributed by atoms with van der Waals surface area (Å²) in [5, 5.41) is 3.33. The Labute approximate surface area is 121 Å². The van der Waals surface area contributed by atoms with Crippen molar-refractivity contribution in [1.29, 1.82) is 0 Å². The van der Waals surface area contributed by atoms with Gasteiger partial charge in [-0.05, 0) is 32.2 Å². The molecule has 1 saturated heterocycles. The van der Waals surface area contributed by atoms with Crippen LogP contribution in [-0.2, 0) is 19.0 Å². The van der Waals surface area contributed by atoms with Crippen molar-refractivity contribution in [3.8, 4) is 0 Å². The van der Waals surface area contributed by atoms with E-state index in [1.54, 1.807) is 0 Å². The smallest absolute Gasteiger partial charge is 0.326 e. The molecule has 0 radical (unpaired) electrons. The maximum absolute atomic E-state index is 12.1. The van der Waals surface area contributed by atoms with Crippen LogP contribution in [0.2, 0.25) is 0 Å². The summed E-state index contributed by atoms with van der Waals surface area (Å²) < 4.78 is 16.4. The molecule has 1 saturated carbocycles. The lowest BCUT2D eigenvalue weighted by atomic mass is 9.80. The largest absolute Gasteiger partial charge is 0.468 e. The average molecular weight is 285 g/mol. The first-order valence-electron chi connectivity index (χ1n) is 7.73. The Morgan fingerprint density at radius 1 is 1.45 bits per heavy atom. The number of likely N-dealkylation sites (N-methyl/N-ethyl adjacent to an activating group) is 1. The van der Waals surface area contributed by atoms with E-state index in [4.69, 9.17) is 14.2 Å². The third-order valence-electron chi connectivity index (χ3n) is 4.39. The van der Waals surface area contributed by atoms with E-state index in [1.165, 1.54) is 7.11 Å². The standard InChI is InChI=1S/C15H27NO4/c1-3-16-15(14(17)18-2)7-4-5-13(9-15)20-11-12-6-8-19-10-12/h12-13,16H,3-11H2,1-2H3. The lowest BCUT2D eigenvalue weighted by Crippen LogP contribution is -2.56. The Kier molecular flexibility index (Phi) is 5.81. The van der Waals surface area contributed by atoms with Gasteiger partial charge in [0.2, 0.25) is 0 Å². The van der Waals surface area contributed by atoms with Crippen molar-refractivity contribution >= 4 is 5.97 Å². The first-order valence-corrected chi connectivity index (χ1v) is 7.73. The number of hydrogen-bond acceptors (Lipinski definition) is 5. The van der Waals surface area contributed by atoms with Crippen molar-refractivity contribution < 1.29 is 19.0 Å². The summed E-state index contributed by atoms with van der Waals surface area (Å²) in [4.78, 5) is 12.1. The van der Waals surface area contributed by atoms with E-state index < -0.39 is 5.54 Å². The molecular weight excluding hydrogens is 258 g/mol. The molecule has 0 aromatic rings. The summed E-state index contributed by atoms with van der Waals surface area (Å²) in [7, 11) is 1.46. The van der Waals surface area contributed by atoms with E-state index in [-0.39, 0.29) is 12.1 Å². The maximum Gasteiger partial charge on any atom is 0.326 e. The highest BCUT2D eigenvalue weighted by Gasteiger charge is 2.43. The van der Waals surface area contributed by atoms with Gasteiger partial charge in [0.15, 0.2) is 0 Å². The third-order valence-corrected chi connectivity index (χ3v) is 4.39. The molecule has 5 nitrogen and oxygen atoms in total. The maximum atomic E-state index is 12.1. The van der Waals surface area contributed by atoms with Gasteiger partial charge in [0.05, 0.1) is 26.4 Å². The zero-order valence-corrected chi connectivity index (χ0v) is 12.7. The van der Waals surface area contributed by atoms with Crippen LogP contribution in [0.15, 0.2) is 0 Å². The van der Waals surface area contributed by atoms with Crippen molar-refractivity contribution in [2.24, 2.45) is 5.92 Å². The van der Waals surface area contributed by atoms with Gasteiger partial charge in [-0.1, -0.05) is 6.92 Å². The van der Waals surface area contributed by atoms with Crippen LogP contribution >= 0.6 is 0 Å². The summed E-state index contributed by atoms with van der Waals surface area (Å²) >= 11 is 0. The van der Waals surface area contributed by atoms with Gasteiger partial charge < -0.3 is 19.5 Å². The average Bonchev–Trinajstić information content (AvgIpc) is 2.98. The second-order valence-corrected chi connectivity index (χ2v) is 5.89. The summed E-state index contributed by atoms with van der Waals surface area (Å²) in [5.74, 6) is 0.362. The Balaban J connectivity index is 1.89. The second-order valence-electron chi connectivity index (χ2n) is 5.89. The molecule has 1 aliphatic carbocycles. The zero-order chi connectivity index (χ0) is 14.4. The van der Waals surface area contributed by atoms with Gasteiger partial charge >= 0.3 is 5.97 Å². The normalized spacial score (nSPS) is 34.1. The molecule has 0 spiro atoms. The molecule has 0 aromatic carbocycles. The van der Waals surface area contributed by atoms with Crippen molar-refractivity contribution in [2.45, 2.75) is 50.7 Å². The van der Waals surface area contributed by atoms with E-state index in [2.05, 4.69) is 5.32 Å². The molecule has 20 heavy (non-hydrogen) atoms. The molecule has 5 heteroatoms. The lowest BCUT2D eigenvalue weighted by molar-refractivity contribution is -0.153. The number of nitrogens with one attached hydrogen (secondary N) is 1. The zero-order valence-electron chi connectivity index (χ0n) is 12.7. The highest BCUT2D eigenvalue weighted by Crippen LogP contribution is 2.32. The van der Waals surface area contributed by atoms with E-state index >= 15 is 0 Å². The number of rotatable bonds is 6. The minimum atomic E-state index is -0.557. The predicted octanol–water partition coefficient (Wildman–Crippen LogP) is 1.50. The molecule has 2 fully saturated rings. The van der Waals surface area contributed by atoms with E-state index in [0.717, 1.165) is 52.0 Å². The van der Waals surface area contributed by atoms with Crippen LogP contribution in [0, 0.1) is 5.92 Å². The van der Waals surface area contributed by atoms with Gasteiger partial charge in [0.1, 0.15) is 5.54 Å². The molecule has 0 aromatic heterocycles. The van der Waals surface area contributed by atoms with Gasteiger partial charge in [-0.15, -0.1) is 0 Å². The van der Waals surface area contributed by atoms with Crippen molar-refractivity contribution in [2.75, 3.05) is 33.5 Å². The summed E-state index contributed by atoms with van der Waals surface area (Å²) in [6.07, 6.45) is 4.79. The van der Waals surface area contributed by atoms with Crippen molar-refractivity contribution in [3.63, 3.8) is 0 Å². The van der Waals surface area contributed by atoms with Crippen LogP contribution in [0.25, 0.3) is 0 Å². The molecule has 0 amide bonds. The fourth-order valence-corrected chi connectivity index (χ4v) is 3.31. The van der Waals surface area contributed by atoms with E-state index in [1.807, 2.05) is 6.92 Å². The summed E-state index contributed by atoms with van der Waals surface area (Å²) in [6.45, 7) is 5.18. The molecule has 1 N–H and O–H groups in total. The van der Waals surface area contributed by atoms with Gasteiger partial charge in [-0.2, -0.15) is 0 Å². The SMILES string of the molecule is CCNC1(C(=O)OC)CCCC(OCC2CCOC2)C1. The molecular formula is C15H27NO4. The fraction of sp³-hybridized carbons (Fsp3) is 0.933. The van der Waals surface area contributed by atoms with Gasteiger partial charge in [-0.25, -0.2) is 0 Å². The molecule has 116 valence electrons. The minimum Gasteiger partial charge on any atom is -0.468 e. The third kappa shape index (κ3) is 3.71. The van der Waals surface area contributed by atoms with Gasteiger partial charge in [-0.3, -0.25) is 4.79 Å². The first-order chi connectivity index (χ1) is 9.70. The topological polar surface area (TPSA) is 56.8 Å². The molecule has 3 unspecified atom stereocenters. The van der Waals surface area contributed by atoms with Gasteiger partial charge in [0.25, 0.3) is 0 Å².